The van der Waals surface area contributed by atoms with E-state index in [1.165, 1.54) is 6.42 Å². The summed E-state index contributed by atoms with van der Waals surface area (Å²) < 4.78 is 1.11. The van der Waals surface area contributed by atoms with E-state index >= 15 is 0 Å². The van der Waals surface area contributed by atoms with Gasteiger partial charge in [-0.05, 0) is 12.5 Å². The van der Waals surface area contributed by atoms with Gasteiger partial charge in [-0.3, -0.25) is 0 Å². The quantitative estimate of drug-likeness (QED) is 0.364. The van der Waals surface area contributed by atoms with Gasteiger partial charge in [0.25, 0.3) is 0 Å². The molecule has 0 N–H and O–H groups in total. The second-order valence-corrected chi connectivity index (χ2v) is 10.9. The van der Waals surface area contributed by atoms with Crippen molar-refractivity contribution in [2.24, 2.45) is 0 Å². The molecule has 1 nitrogen and oxygen atoms in total. The Morgan fingerprint density at radius 1 is 1.31 bits per heavy atom. The van der Waals surface area contributed by atoms with Crippen LogP contribution in [-0.4, -0.2) is 38.9 Å². The SMILES string of the molecule is C=CC[N+](C)(C)C(CC)[Si](C)(C)C. The molecule has 0 aromatic heterocycles. The molecule has 0 bridgehead atoms. The number of hydrogen-bond donors (Lipinski definition) is 0. The van der Waals surface area contributed by atoms with E-state index in [9.17, 15) is 0 Å². The second kappa shape index (κ2) is 4.42. The minimum Gasteiger partial charge on any atom is -0.326 e. The molecule has 0 aliphatic heterocycles. The number of nitrogens with zero attached hydrogens (tertiary/aromatic N) is 1. The van der Waals surface area contributed by atoms with Crippen LogP contribution in [0.4, 0.5) is 0 Å². The van der Waals surface area contributed by atoms with E-state index < -0.39 is 8.07 Å². The molecular formula is C11H26NSi+. The van der Waals surface area contributed by atoms with Crippen molar-refractivity contribution in [1.29, 1.82) is 0 Å². The van der Waals surface area contributed by atoms with Gasteiger partial charge in [0.15, 0.2) is 0 Å². The molecule has 0 aromatic carbocycles. The largest absolute Gasteiger partial charge is 0.326 e. The fraction of sp³-hybridized carbons (Fsp3) is 0.818. The molecule has 0 aromatic rings. The van der Waals surface area contributed by atoms with Gasteiger partial charge in [-0.1, -0.05) is 33.1 Å². The molecule has 0 saturated heterocycles. The van der Waals surface area contributed by atoms with Gasteiger partial charge < -0.3 is 4.48 Å². The average molecular weight is 200 g/mol. The summed E-state index contributed by atoms with van der Waals surface area (Å²) in [5.41, 5.74) is 0.838. The van der Waals surface area contributed by atoms with Gasteiger partial charge in [-0.15, -0.1) is 0 Å². The Morgan fingerprint density at radius 2 is 1.77 bits per heavy atom. The first-order chi connectivity index (χ1) is 5.75. The molecule has 0 heterocycles. The summed E-state index contributed by atoms with van der Waals surface area (Å²) in [4.78, 5) is 0. The predicted octanol–water partition coefficient (Wildman–Crippen LogP) is 2.90. The van der Waals surface area contributed by atoms with Crippen LogP contribution in [0.5, 0.6) is 0 Å². The summed E-state index contributed by atoms with van der Waals surface area (Å²) in [5.74, 6) is 0. The molecular weight excluding hydrogens is 174 g/mol. The molecule has 0 aliphatic rings. The van der Waals surface area contributed by atoms with E-state index in [1.807, 2.05) is 6.08 Å². The fourth-order valence-electron chi connectivity index (χ4n) is 2.62. The number of hydrogen-bond acceptors (Lipinski definition) is 0. The smallest absolute Gasteiger partial charge is 0.114 e. The van der Waals surface area contributed by atoms with Gasteiger partial charge in [0.1, 0.15) is 8.07 Å². The van der Waals surface area contributed by atoms with Crippen molar-refractivity contribution >= 4 is 8.07 Å². The van der Waals surface area contributed by atoms with Crippen molar-refractivity contribution in [3.8, 4) is 0 Å². The zero-order chi connectivity index (χ0) is 10.7. The van der Waals surface area contributed by atoms with Crippen LogP contribution >= 0.6 is 0 Å². The third-order valence-corrected chi connectivity index (χ3v) is 5.94. The molecule has 0 spiro atoms. The first-order valence-electron chi connectivity index (χ1n) is 5.19. The third kappa shape index (κ3) is 3.65. The van der Waals surface area contributed by atoms with Crippen LogP contribution in [0, 0.1) is 0 Å². The lowest BCUT2D eigenvalue weighted by Gasteiger charge is -2.43. The number of rotatable bonds is 5. The standard InChI is InChI=1S/C11H26NSi/c1-8-10-12(3,4)11(9-2)13(5,6)7/h8,11H,1,9-10H2,2-7H3/q+1. The molecule has 2 heteroatoms. The number of likely N-dealkylation sites (N-methyl/N-ethyl adjacent to an activating group) is 1. The summed E-state index contributed by atoms with van der Waals surface area (Å²) in [6.45, 7) is 14.6. The van der Waals surface area contributed by atoms with E-state index in [0.29, 0.717) is 0 Å². The van der Waals surface area contributed by atoms with Gasteiger partial charge in [0.2, 0.25) is 0 Å². The van der Waals surface area contributed by atoms with Crippen LogP contribution in [0.2, 0.25) is 19.6 Å². The van der Waals surface area contributed by atoms with Crippen molar-refractivity contribution in [1.82, 2.24) is 0 Å². The van der Waals surface area contributed by atoms with Crippen molar-refractivity contribution in [2.45, 2.75) is 38.7 Å². The molecule has 0 saturated carbocycles. The molecule has 0 fully saturated rings. The van der Waals surface area contributed by atoms with Crippen LogP contribution in [0.15, 0.2) is 12.7 Å². The van der Waals surface area contributed by atoms with Crippen LogP contribution in [0.1, 0.15) is 13.3 Å². The van der Waals surface area contributed by atoms with Crippen LogP contribution in [0.3, 0.4) is 0 Å². The lowest BCUT2D eigenvalue weighted by molar-refractivity contribution is -0.898. The summed E-state index contributed by atoms with van der Waals surface area (Å²) in [6.07, 6.45) is 3.33. The van der Waals surface area contributed by atoms with Crippen molar-refractivity contribution < 1.29 is 4.48 Å². The predicted molar refractivity (Wildman–Crippen MR) is 64.6 cm³/mol. The molecule has 0 amide bonds. The fourth-order valence-corrected chi connectivity index (χ4v) is 6.04. The van der Waals surface area contributed by atoms with Gasteiger partial charge in [0.05, 0.1) is 26.3 Å². The Kier molecular flexibility index (Phi) is 4.40. The zero-order valence-electron chi connectivity index (χ0n) is 10.2. The number of quaternary nitrogens is 1. The van der Waals surface area contributed by atoms with E-state index in [4.69, 9.17) is 0 Å². The second-order valence-electron chi connectivity index (χ2n) is 5.54. The average Bonchev–Trinajstić information content (AvgIpc) is 1.83. The molecule has 0 radical (unpaired) electrons. The highest BCUT2D eigenvalue weighted by atomic mass is 28.3. The van der Waals surface area contributed by atoms with Crippen LogP contribution in [-0.2, 0) is 0 Å². The van der Waals surface area contributed by atoms with Crippen molar-refractivity contribution in [2.75, 3.05) is 20.6 Å². The maximum atomic E-state index is 3.84. The topological polar surface area (TPSA) is 0 Å². The third-order valence-electron chi connectivity index (χ3n) is 2.83. The van der Waals surface area contributed by atoms with Gasteiger partial charge >= 0.3 is 0 Å². The Labute approximate surface area is 85.0 Å². The van der Waals surface area contributed by atoms with Crippen LogP contribution in [0.25, 0.3) is 0 Å². The van der Waals surface area contributed by atoms with Crippen LogP contribution < -0.4 is 0 Å². The van der Waals surface area contributed by atoms with Crippen molar-refractivity contribution in [3.05, 3.63) is 12.7 Å². The van der Waals surface area contributed by atoms with E-state index in [-0.39, 0.29) is 0 Å². The van der Waals surface area contributed by atoms with Gasteiger partial charge in [-0.25, -0.2) is 0 Å². The van der Waals surface area contributed by atoms with Gasteiger partial charge in [0, 0.05) is 0 Å². The highest BCUT2D eigenvalue weighted by Gasteiger charge is 2.37. The zero-order valence-corrected chi connectivity index (χ0v) is 11.2. The maximum Gasteiger partial charge on any atom is 0.114 e. The highest BCUT2D eigenvalue weighted by molar-refractivity contribution is 6.77. The molecule has 13 heavy (non-hydrogen) atoms. The maximum absolute atomic E-state index is 3.84. The van der Waals surface area contributed by atoms with E-state index in [0.717, 1.165) is 16.7 Å². The summed E-state index contributed by atoms with van der Waals surface area (Å²) in [6, 6.07) is 0. The lowest BCUT2D eigenvalue weighted by atomic mass is 10.3. The molecule has 78 valence electrons. The summed E-state index contributed by atoms with van der Waals surface area (Å²) >= 11 is 0. The Hall–Kier alpha value is -0.0831. The molecule has 1 unspecified atom stereocenters. The van der Waals surface area contributed by atoms with Gasteiger partial charge in [-0.2, -0.15) is 0 Å². The molecule has 0 rings (SSSR count). The Bertz CT molecular complexity index is 167. The summed E-state index contributed by atoms with van der Waals surface area (Å²) in [7, 11) is 3.62. The highest BCUT2D eigenvalue weighted by Crippen LogP contribution is 2.21. The Balaban J connectivity index is 4.65. The van der Waals surface area contributed by atoms with E-state index in [2.05, 4.69) is 47.2 Å². The first-order valence-corrected chi connectivity index (χ1v) is 8.77. The van der Waals surface area contributed by atoms with Crippen molar-refractivity contribution in [3.63, 3.8) is 0 Å². The summed E-state index contributed by atoms with van der Waals surface area (Å²) in [5, 5.41) is 0. The first kappa shape index (κ1) is 12.9. The molecule has 1 atom stereocenters. The normalized spacial score (nSPS) is 15.5. The minimum absolute atomic E-state index is 0.838. The lowest BCUT2D eigenvalue weighted by Crippen LogP contribution is -2.59. The monoisotopic (exact) mass is 200 g/mol. The molecule has 0 aliphatic carbocycles. The van der Waals surface area contributed by atoms with E-state index in [1.54, 1.807) is 0 Å². The minimum atomic E-state index is -1.03. The Morgan fingerprint density at radius 3 is 2.00 bits per heavy atom.